The first kappa shape index (κ1) is 9.79. The van der Waals surface area contributed by atoms with Crippen molar-refractivity contribution in [3.05, 3.63) is 34.2 Å². The van der Waals surface area contributed by atoms with Gasteiger partial charge in [0, 0.05) is 19.8 Å². The van der Waals surface area contributed by atoms with Crippen molar-refractivity contribution in [3.63, 3.8) is 0 Å². The van der Waals surface area contributed by atoms with Gasteiger partial charge in [-0.05, 0) is 19.2 Å². The van der Waals surface area contributed by atoms with Gasteiger partial charge in [0.1, 0.15) is 0 Å². The Kier molecular flexibility index (Phi) is 2.47. The first-order valence-corrected chi connectivity index (χ1v) is 4.80. The minimum atomic E-state index is 0.00829. The van der Waals surface area contributed by atoms with Gasteiger partial charge in [-0.2, -0.15) is 0 Å². The molecular weight excluding hydrogens is 192 g/mol. The van der Waals surface area contributed by atoms with Crippen LogP contribution < -0.4 is 10.9 Å². The molecule has 5 heteroatoms. The van der Waals surface area contributed by atoms with Crippen molar-refractivity contribution >= 4 is 0 Å². The van der Waals surface area contributed by atoms with Crippen LogP contribution in [0.2, 0.25) is 0 Å². The van der Waals surface area contributed by atoms with Crippen molar-refractivity contribution in [3.8, 4) is 11.4 Å². The van der Waals surface area contributed by atoms with E-state index in [1.807, 2.05) is 25.4 Å². The minimum absolute atomic E-state index is 0.00829. The fourth-order valence-electron chi connectivity index (χ4n) is 1.64. The summed E-state index contributed by atoms with van der Waals surface area (Å²) in [5.41, 5.74) is 2.54. The summed E-state index contributed by atoms with van der Waals surface area (Å²) in [5.74, 6) is 0. The number of aromatic nitrogens is 3. The molecule has 2 aromatic heterocycles. The van der Waals surface area contributed by atoms with E-state index < -0.39 is 0 Å². The van der Waals surface area contributed by atoms with Crippen molar-refractivity contribution < 1.29 is 0 Å². The number of hydrogen-bond donors (Lipinski definition) is 3. The summed E-state index contributed by atoms with van der Waals surface area (Å²) in [6.45, 7) is 0.560. The Morgan fingerprint density at radius 2 is 2.33 bits per heavy atom. The summed E-state index contributed by atoms with van der Waals surface area (Å²) >= 11 is 0. The Morgan fingerprint density at radius 3 is 2.93 bits per heavy atom. The fraction of sp³-hybridized carbons (Fsp3) is 0.300. The van der Waals surface area contributed by atoms with Gasteiger partial charge in [0.2, 0.25) is 0 Å². The highest BCUT2D eigenvalue weighted by Crippen LogP contribution is 2.16. The number of nitrogens with one attached hydrogen (secondary N) is 3. The zero-order valence-corrected chi connectivity index (χ0v) is 8.79. The molecule has 3 N–H and O–H groups in total. The highest BCUT2D eigenvalue weighted by Gasteiger charge is 2.13. The summed E-state index contributed by atoms with van der Waals surface area (Å²) in [5, 5.41) is 6.03. The third-order valence-electron chi connectivity index (χ3n) is 2.36. The standard InChI is InChI=1S/C10H14N4O/c1-11-6-7-9(8-4-3-5-12-8)13-14(2)10(7)15/h3-5,11-13H,6H2,1-2H3. The molecule has 2 rings (SSSR count). The molecule has 5 nitrogen and oxygen atoms in total. The SMILES string of the molecule is CNCc1c(-c2ccc[nH]2)[nH]n(C)c1=O. The minimum Gasteiger partial charge on any atom is -0.360 e. The zero-order chi connectivity index (χ0) is 10.8. The number of nitrogens with zero attached hydrogens (tertiary/aromatic N) is 1. The molecule has 0 aliphatic heterocycles. The number of rotatable bonds is 3. The van der Waals surface area contributed by atoms with E-state index >= 15 is 0 Å². The summed E-state index contributed by atoms with van der Waals surface area (Å²) in [6.07, 6.45) is 1.84. The topological polar surface area (TPSA) is 65.6 Å². The third kappa shape index (κ3) is 1.61. The van der Waals surface area contributed by atoms with E-state index in [4.69, 9.17) is 0 Å². The van der Waals surface area contributed by atoms with E-state index in [0.29, 0.717) is 6.54 Å². The van der Waals surface area contributed by atoms with Crippen LogP contribution in [0.25, 0.3) is 11.4 Å². The molecule has 15 heavy (non-hydrogen) atoms. The zero-order valence-electron chi connectivity index (χ0n) is 8.79. The maximum atomic E-state index is 11.8. The van der Waals surface area contributed by atoms with E-state index in [1.165, 1.54) is 4.68 Å². The lowest BCUT2D eigenvalue weighted by Gasteiger charge is -1.98. The number of H-pyrrole nitrogens is 2. The van der Waals surface area contributed by atoms with Gasteiger partial charge in [0.25, 0.3) is 5.56 Å². The Morgan fingerprint density at radius 1 is 1.53 bits per heavy atom. The first-order chi connectivity index (χ1) is 7.24. The van der Waals surface area contributed by atoms with Crippen LogP contribution in [0, 0.1) is 0 Å². The molecule has 0 radical (unpaired) electrons. The predicted octanol–water partition coefficient (Wildman–Crippen LogP) is 0.428. The van der Waals surface area contributed by atoms with Gasteiger partial charge in [-0.3, -0.25) is 14.6 Å². The summed E-state index contributed by atoms with van der Waals surface area (Å²) < 4.78 is 1.49. The van der Waals surface area contributed by atoms with Crippen molar-refractivity contribution in [1.82, 2.24) is 20.1 Å². The Hall–Kier alpha value is -1.75. The Labute approximate surface area is 87.1 Å². The quantitative estimate of drug-likeness (QED) is 0.681. The molecular formula is C10H14N4O. The second-order valence-corrected chi connectivity index (χ2v) is 3.44. The van der Waals surface area contributed by atoms with E-state index in [1.54, 1.807) is 7.05 Å². The molecule has 0 amide bonds. The highest BCUT2D eigenvalue weighted by atomic mass is 16.1. The molecule has 0 spiro atoms. The van der Waals surface area contributed by atoms with Gasteiger partial charge in [0.15, 0.2) is 0 Å². The van der Waals surface area contributed by atoms with Crippen LogP contribution in [0.4, 0.5) is 0 Å². The molecule has 0 unspecified atom stereocenters. The van der Waals surface area contributed by atoms with Crippen LogP contribution in [0.5, 0.6) is 0 Å². The van der Waals surface area contributed by atoms with Gasteiger partial charge >= 0.3 is 0 Å². The lowest BCUT2D eigenvalue weighted by Crippen LogP contribution is -2.19. The number of aryl methyl sites for hydroxylation is 1. The summed E-state index contributed by atoms with van der Waals surface area (Å²) in [6, 6.07) is 3.84. The molecule has 0 aromatic carbocycles. The lowest BCUT2D eigenvalue weighted by molar-refractivity contribution is 0.733. The molecule has 0 bridgehead atoms. The van der Waals surface area contributed by atoms with Crippen molar-refractivity contribution in [1.29, 1.82) is 0 Å². The Balaban J connectivity index is 2.56. The van der Waals surface area contributed by atoms with Crippen LogP contribution in [0.15, 0.2) is 23.1 Å². The normalized spacial score (nSPS) is 10.8. The third-order valence-corrected chi connectivity index (χ3v) is 2.36. The van der Waals surface area contributed by atoms with Gasteiger partial charge in [0.05, 0.1) is 17.0 Å². The average Bonchev–Trinajstić information content (AvgIpc) is 2.81. The molecule has 0 atom stereocenters. The van der Waals surface area contributed by atoms with E-state index in [-0.39, 0.29) is 5.56 Å². The van der Waals surface area contributed by atoms with E-state index in [0.717, 1.165) is 17.0 Å². The van der Waals surface area contributed by atoms with Crippen LogP contribution in [0.1, 0.15) is 5.56 Å². The molecule has 0 fully saturated rings. The lowest BCUT2D eigenvalue weighted by atomic mass is 10.2. The highest BCUT2D eigenvalue weighted by molar-refractivity contribution is 5.58. The number of aromatic amines is 2. The van der Waals surface area contributed by atoms with Crippen molar-refractivity contribution in [2.75, 3.05) is 7.05 Å². The van der Waals surface area contributed by atoms with Crippen LogP contribution in [-0.2, 0) is 13.6 Å². The first-order valence-electron chi connectivity index (χ1n) is 4.80. The fourth-order valence-corrected chi connectivity index (χ4v) is 1.64. The van der Waals surface area contributed by atoms with Crippen molar-refractivity contribution in [2.24, 2.45) is 7.05 Å². The molecule has 2 heterocycles. The maximum Gasteiger partial charge on any atom is 0.271 e. The van der Waals surface area contributed by atoms with Gasteiger partial charge in [-0.1, -0.05) is 0 Å². The van der Waals surface area contributed by atoms with Crippen LogP contribution in [-0.4, -0.2) is 21.8 Å². The smallest absolute Gasteiger partial charge is 0.271 e. The molecule has 80 valence electrons. The second-order valence-electron chi connectivity index (χ2n) is 3.44. The van der Waals surface area contributed by atoms with Gasteiger partial charge in [-0.25, -0.2) is 0 Å². The largest absolute Gasteiger partial charge is 0.360 e. The molecule has 0 saturated heterocycles. The van der Waals surface area contributed by atoms with Crippen molar-refractivity contribution in [2.45, 2.75) is 6.54 Å². The van der Waals surface area contributed by atoms with Crippen LogP contribution in [0.3, 0.4) is 0 Å². The molecule has 0 saturated carbocycles. The summed E-state index contributed by atoms with van der Waals surface area (Å²) in [7, 11) is 3.54. The van der Waals surface area contributed by atoms with Gasteiger partial charge < -0.3 is 10.3 Å². The summed E-state index contributed by atoms with van der Waals surface area (Å²) in [4.78, 5) is 14.8. The maximum absolute atomic E-state index is 11.8. The predicted molar refractivity (Wildman–Crippen MR) is 58.6 cm³/mol. The average molecular weight is 206 g/mol. The molecule has 2 aromatic rings. The molecule has 0 aliphatic rings. The molecule has 0 aliphatic carbocycles. The van der Waals surface area contributed by atoms with E-state index in [2.05, 4.69) is 15.4 Å². The van der Waals surface area contributed by atoms with E-state index in [9.17, 15) is 4.79 Å². The monoisotopic (exact) mass is 206 g/mol. The Bertz CT molecular complexity index is 492. The van der Waals surface area contributed by atoms with Crippen LogP contribution >= 0.6 is 0 Å². The second kappa shape index (κ2) is 3.78. The van der Waals surface area contributed by atoms with Gasteiger partial charge in [-0.15, -0.1) is 0 Å². The number of hydrogen-bond acceptors (Lipinski definition) is 2.